The van der Waals surface area contributed by atoms with Gasteiger partial charge < -0.3 is 40.9 Å². The van der Waals surface area contributed by atoms with Crippen molar-refractivity contribution >= 4 is 5.69 Å². The molecule has 11 heteroatoms. The molecule has 216 valence electrons. The van der Waals surface area contributed by atoms with Gasteiger partial charge in [-0.05, 0) is 24.3 Å². The van der Waals surface area contributed by atoms with E-state index in [4.69, 9.17) is 4.74 Å². The lowest BCUT2D eigenvalue weighted by Gasteiger charge is -2.35. The molecule has 3 aliphatic rings. The molecular formula is C27H49N7O4. The third-order valence-corrected chi connectivity index (χ3v) is 7.54. The van der Waals surface area contributed by atoms with Crippen LogP contribution in [0.5, 0.6) is 5.75 Å². The third kappa shape index (κ3) is 10.2. The Hall–Kier alpha value is -1.54. The summed E-state index contributed by atoms with van der Waals surface area (Å²) in [5, 5.41) is 42.3. The van der Waals surface area contributed by atoms with Gasteiger partial charge in [0.05, 0.1) is 12.2 Å². The Morgan fingerprint density at radius 3 is 1.45 bits per heavy atom. The Morgan fingerprint density at radius 2 is 1.03 bits per heavy atom. The maximum absolute atomic E-state index is 10.9. The van der Waals surface area contributed by atoms with Crippen LogP contribution in [0.1, 0.15) is 0 Å². The number of anilines is 1. The van der Waals surface area contributed by atoms with Crippen molar-refractivity contribution in [1.82, 2.24) is 30.7 Å². The molecule has 4 rings (SSSR count). The van der Waals surface area contributed by atoms with Crippen LogP contribution in [-0.4, -0.2) is 166 Å². The number of ether oxygens (including phenoxy) is 1. The summed E-state index contributed by atoms with van der Waals surface area (Å²) in [5.41, 5.74) is 0.942. The lowest BCUT2D eigenvalue weighted by atomic mass is 10.2. The molecule has 0 amide bonds. The van der Waals surface area contributed by atoms with Crippen molar-refractivity contribution in [2.45, 2.75) is 18.3 Å². The highest BCUT2D eigenvalue weighted by molar-refractivity contribution is 5.49. The molecular weight excluding hydrogens is 486 g/mol. The minimum Gasteiger partial charge on any atom is -0.491 e. The van der Waals surface area contributed by atoms with Crippen molar-refractivity contribution in [2.75, 3.05) is 123 Å². The molecule has 0 saturated carbocycles. The van der Waals surface area contributed by atoms with Crippen LogP contribution in [-0.2, 0) is 0 Å². The first-order valence-electron chi connectivity index (χ1n) is 14.4. The SMILES string of the molecule is OC(COc1ccc(N(CC(O)CN2CCNCC2)CC(O)CN2CCNCC2)cc1)CN1CCNCC1. The minimum atomic E-state index is -0.537. The number of benzene rings is 1. The number of hydrogen-bond donors (Lipinski definition) is 6. The molecule has 3 unspecified atom stereocenters. The lowest BCUT2D eigenvalue weighted by Crippen LogP contribution is -2.50. The molecule has 0 aromatic heterocycles. The summed E-state index contributed by atoms with van der Waals surface area (Å²) in [5.74, 6) is 0.704. The Morgan fingerprint density at radius 1 is 0.632 bits per heavy atom. The van der Waals surface area contributed by atoms with E-state index in [2.05, 4.69) is 35.6 Å². The van der Waals surface area contributed by atoms with Crippen LogP contribution < -0.4 is 25.6 Å². The van der Waals surface area contributed by atoms with Gasteiger partial charge in [0.25, 0.3) is 0 Å². The molecule has 6 N–H and O–H groups in total. The summed E-state index contributed by atoms with van der Waals surface area (Å²) >= 11 is 0. The number of rotatable bonds is 14. The number of piperazine rings is 3. The van der Waals surface area contributed by atoms with E-state index in [0.717, 1.165) is 84.2 Å². The van der Waals surface area contributed by atoms with Gasteiger partial charge in [0.15, 0.2) is 0 Å². The van der Waals surface area contributed by atoms with E-state index in [1.807, 2.05) is 24.3 Å². The van der Waals surface area contributed by atoms with E-state index in [-0.39, 0.29) is 6.61 Å². The molecule has 1 aromatic carbocycles. The molecule has 38 heavy (non-hydrogen) atoms. The zero-order chi connectivity index (χ0) is 26.6. The number of nitrogens with zero attached hydrogens (tertiary/aromatic N) is 4. The number of hydrogen-bond acceptors (Lipinski definition) is 11. The van der Waals surface area contributed by atoms with Crippen LogP contribution in [0.2, 0.25) is 0 Å². The van der Waals surface area contributed by atoms with E-state index in [1.54, 1.807) is 0 Å². The Balaban J connectivity index is 1.31. The molecule has 1 aromatic rings. The summed E-state index contributed by atoms with van der Waals surface area (Å²) in [6.45, 7) is 14.4. The third-order valence-electron chi connectivity index (χ3n) is 7.54. The molecule has 0 aliphatic carbocycles. The second-order valence-corrected chi connectivity index (χ2v) is 10.8. The molecule has 0 radical (unpaired) electrons. The van der Waals surface area contributed by atoms with Crippen LogP contribution in [0.4, 0.5) is 5.69 Å². The fraction of sp³-hybridized carbons (Fsp3) is 0.778. The molecule has 3 aliphatic heterocycles. The average Bonchev–Trinajstić information content (AvgIpc) is 2.93. The monoisotopic (exact) mass is 535 g/mol. The molecule has 0 spiro atoms. The zero-order valence-electron chi connectivity index (χ0n) is 22.8. The first kappa shape index (κ1) is 29.4. The van der Waals surface area contributed by atoms with Crippen molar-refractivity contribution < 1.29 is 20.1 Å². The number of aliphatic hydroxyl groups excluding tert-OH is 3. The Labute approximate surface area is 227 Å². The minimum absolute atomic E-state index is 0.250. The van der Waals surface area contributed by atoms with E-state index < -0.39 is 18.3 Å². The highest BCUT2D eigenvalue weighted by Crippen LogP contribution is 2.21. The first-order chi connectivity index (χ1) is 18.5. The van der Waals surface area contributed by atoms with Gasteiger partial charge in [-0.15, -0.1) is 0 Å². The normalized spacial score (nSPS) is 22.6. The van der Waals surface area contributed by atoms with Crippen LogP contribution >= 0.6 is 0 Å². The lowest BCUT2D eigenvalue weighted by molar-refractivity contribution is 0.0641. The van der Waals surface area contributed by atoms with E-state index in [1.165, 1.54) is 0 Å². The number of β-amino-alcohol motifs (C(OH)–C–C–N with tert-alkyl or cyclic N) is 3. The van der Waals surface area contributed by atoms with Gasteiger partial charge in [-0.3, -0.25) is 14.7 Å². The summed E-state index contributed by atoms with van der Waals surface area (Å²) < 4.78 is 5.87. The summed E-state index contributed by atoms with van der Waals surface area (Å²) in [4.78, 5) is 8.92. The quantitative estimate of drug-likeness (QED) is 0.154. The van der Waals surface area contributed by atoms with Gasteiger partial charge in [0.2, 0.25) is 0 Å². The summed E-state index contributed by atoms with van der Waals surface area (Å²) in [7, 11) is 0. The van der Waals surface area contributed by atoms with Crippen molar-refractivity contribution in [2.24, 2.45) is 0 Å². The zero-order valence-corrected chi connectivity index (χ0v) is 22.8. The predicted octanol–water partition coefficient (Wildman–Crippen LogP) is -2.33. The highest BCUT2D eigenvalue weighted by atomic mass is 16.5. The summed E-state index contributed by atoms with van der Waals surface area (Å²) in [6.07, 6.45) is -1.57. The summed E-state index contributed by atoms with van der Waals surface area (Å²) in [6, 6.07) is 7.77. The Kier molecular flexibility index (Phi) is 12.3. The molecule has 3 saturated heterocycles. The van der Waals surface area contributed by atoms with E-state index in [9.17, 15) is 15.3 Å². The fourth-order valence-electron chi connectivity index (χ4n) is 5.48. The average molecular weight is 536 g/mol. The molecule has 3 heterocycles. The topological polar surface area (TPSA) is 119 Å². The standard InChI is InChI=1S/C27H49N7O4/c35-24(17-31-11-5-28-6-12-31)20-34(21-25(36)18-32-13-7-29-8-14-32)23-1-3-27(4-2-23)38-22-26(37)19-33-15-9-30-10-16-33/h1-4,24-26,28-30,35-37H,5-22H2. The second kappa shape index (κ2) is 15.9. The van der Waals surface area contributed by atoms with Crippen LogP contribution in [0.3, 0.4) is 0 Å². The van der Waals surface area contributed by atoms with Gasteiger partial charge in [-0.2, -0.15) is 0 Å². The molecule has 0 bridgehead atoms. The van der Waals surface area contributed by atoms with E-state index >= 15 is 0 Å². The van der Waals surface area contributed by atoms with Crippen molar-refractivity contribution in [1.29, 1.82) is 0 Å². The molecule has 3 atom stereocenters. The largest absolute Gasteiger partial charge is 0.491 e. The van der Waals surface area contributed by atoms with Gasteiger partial charge in [0.1, 0.15) is 18.5 Å². The number of aliphatic hydroxyl groups is 3. The highest BCUT2D eigenvalue weighted by Gasteiger charge is 2.22. The first-order valence-corrected chi connectivity index (χ1v) is 14.4. The van der Waals surface area contributed by atoms with Crippen molar-refractivity contribution in [3.8, 4) is 5.75 Å². The Bertz CT molecular complexity index is 743. The van der Waals surface area contributed by atoms with Gasteiger partial charge in [0, 0.05) is 117 Å². The van der Waals surface area contributed by atoms with E-state index in [0.29, 0.717) is 38.5 Å². The van der Waals surface area contributed by atoms with Crippen molar-refractivity contribution in [3.05, 3.63) is 24.3 Å². The molecule has 3 fully saturated rings. The molecule has 11 nitrogen and oxygen atoms in total. The maximum Gasteiger partial charge on any atom is 0.119 e. The van der Waals surface area contributed by atoms with Gasteiger partial charge >= 0.3 is 0 Å². The smallest absolute Gasteiger partial charge is 0.119 e. The number of nitrogens with one attached hydrogen (secondary N) is 3. The maximum atomic E-state index is 10.9. The van der Waals surface area contributed by atoms with Crippen LogP contribution in [0.25, 0.3) is 0 Å². The van der Waals surface area contributed by atoms with Crippen LogP contribution in [0, 0.1) is 0 Å². The van der Waals surface area contributed by atoms with Gasteiger partial charge in [-0.1, -0.05) is 0 Å². The van der Waals surface area contributed by atoms with Gasteiger partial charge in [-0.25, -0.2) is 0 Å². The fourth-order valence-corrected chi connectivity index (χ4v) is 5.48. The second-order valence-electron chi connectivity index (χ2n) is 10.8. The van der Waals surface area contributed by atoms with Crippen molar-refractivity contribution in [3.63, 3.8) is 0 Å². The predicted molar refractivity (Wildman–Crippen MR) is 150 cm³/mol. The van der Waals surface area contributed by atoms with Crippen LogP contribution in [0.15, 0.2) is 24.3 Å².